The summed E-state index contributed by atoms with van der Waals surface area (Å²) in [6.07, 6.45) is 1.86. The van der Waals surface area contributed by atoms with Gasteiger partial charge >= 0.3 is 0 Å². The third-order valence-electron chi connectivity index (χ3n) is 2.79. The van der Waals surface area contributed by atoms with Crippen molar-refractivity contribution in [3.63, 3.8) is 0 Å². The summed E-state index contributed by atoms with van der Waals surface area (Å²) in [6, 6.07) is 12.2. The number of pyridine rings is 1. The number of nitrogens with zero attached hydrogens (tertiary/aromatic N) is 1. The smallest absolute Gasteiger partial charge is 0.126 e. The first-order chi connectivity index (χ1) is 8.22. The van der Waals surface area contributed by atoms with Crippen molar-refractivity contribution >= 4 is 0 Å². The van der Waals surface area contributed by atoms with Crippen LogP contribution in [0.2, 0.25) is 0 Å². The van der Waals surface area contributed by atoms with E-state index in [2.05, 4.69) is 31.0 Å². The summed E-state index contributed by atoms with van der Waals surface area (Å²) in [7, 11) is 1.70. The first-order valence-corrected chi connectivity index (χ1v) is 5.81. The molecule has 0 fully saturated rings. The second kappa shape index (κ2) is 5.00. The monoisotopic (exact) mass is 227 g/mol. The minimum Gasteiger partial charge on any atom is -0.496 e. The topological polar surface area (TPSA) is 22.1 Å². The number of hydrogen-bond acceptors (Lipinski definition) is 2. The summed E-state index contributed by atoms with van der Waals surface area (Å²) in [5.74, 6) is 1.33. The molecule has 0 aliphatic rings. The highest BCUT2D eigenvalue weighted by atomic mass is 16.5. The largest absolute Gasteiger partial charge is 0.496 e. The predicted molar refractivity (Wildman–Crippen MR) is 70.3 cm³/mol. The minimum absolute atomic E-state index is 0.435. The lowest BCUT2D eigenvalue weighted by molar-refractivity contribution is 0.416. The summed E-state index contributed by atoms with van der Waals surface area (Å²) in [5.41, 5.74) is 3.37. The lowest BCUT2D eigenvalue weighted by Gasteiger charge is -2.10. The number of hydrogen-bond donors (Lipinski definition) is 0. The second-order valence-electron chi connectivity index (χ2n) is 4.32. The van der Waals surface area contributed by atoms with Crippen molar-refractivity contribution < 1.29 is 4.74 Å². The summed E-state index contributed by atoms with van der Waals surface area (Å²) < 4.78 is 5.38. The van der Waals surface area contributed by atoms with Gasteiger partial charge in [-0.25, -0.2) is 0 Å². The van der Waals surface area contributed by atoms with Gasteiger partial charge in [0.2, 0.25) is 0 Å². The third kappa shape index (κ3) is 2.47. The van der Waals surface area contributed by atoms with Crippen LogP contribution >= 0.6 is 0 Å². The molecular weight excluding hydrogens is 210 g/mol. The minimum atomic E-state index is 0.435. The normalized spacial score (nSPS) is 10.6. The summed E-state index contributed by atoms with van der Waals surface area (Å²) in [5, 5.41) is 0. The molecule has 0 amide bonds. The maximum Gasteiger partial charge on any atom is 0.126 e. The number of methoxy groups -OCH3 is 1. The van der Waals surface area contributed by atoms with Crippen LogP contribution in [0, 0.1) is 0 Å². The Morgan fingerprint density at radius 1 is 1.12 bits per heavy atom. The number of aromatic nitrogens is 1. The molecule has 0 radical (unpaired) electrons. The fourth-order valence-electron chi connectivity index (χ4n) is 1.81. The molecule has 0 unspecified atom stereocenters. The number of benzene rings is 1. The average Bonchev–Trinajstić information content (AvgIpc) is 2.39. The van der Waals surface area contributed by atoms with E-state index in [1.165, 1.54) is 0 Å². The van der Waals surface area contributed by atoms with Crippen LogP contribution in [-0.4, -0.2) is 12.1 Å². The Bertz CT molecular complexity index is 506. The molecule has 2 nitrogen and oxygen atoms in total. The van der Waals surface area contributed by atoms with Gasteiger partial charge in [0.15, 0.2) is 0 Å². The first kappa shape index (κ1) is 11.6. The lowest BCUT2D eigenvalue weighted by atomic mass is 10.0. The van der Waals surface area contributed by atoms with E-state index in [1.807, 2.05) is 30.5 Å². The predicted octanol–water partition coefficient (Wildman–Crippen LogP) is 3.88. The Hall–Kier alpha value is -1.83. The van der Waals surface area contributed by atoms with Gasteiger partial charge in [0.05, 0.1) is 7.11 Å². The maximum atomic E-state index is 5.38. The van der Waals surface area contributed by atoms with Crippen LogP contribution in [0.3, 0.4) is 0 Å². The molecule has 1 aromatic heterocycles. The zero-order valence-electron chi connectivity index (χ0n) is 10.5. The molecule has 0 N–H and O–H groups in total. The first-order valence-electron chi connectivity index (χ1n) is 5.81. The van der Waals surface area contributed by atoms with Crippen molar-refractivity contribution in [1.82, 2.24) is 4.98 Å². The Morgan fingerprint density at radius 3 is 2.59 bits per heavy atom. The van der Waals surface area contributed by atoms with E-state index in [9.17, 15) is 0 Å². The van der Waals surface area contributed by atoms with Gasteiger partial charge < -0.3 is 4.74 Å². The van der Waals surface area contributed by atoms with Crippen LogP contribution in [0.5, 0.6) is 5.75 Å². The molecule has 0 aliphatic carbocycles. The Labute approximate surface area is 102 Å². The maximum absolute atomic E-state index is 5.38. The molecule has 0 aliphatic heterocycles. The van der Waals surface area contributed by atoms with Crippen LogP contribution in [0.15, 0.2) is 42.6 Å². The molecule has 1 aromatic carbocycles. The van der Waals surface area contributed by atoms with Gasteiger partial charge in [0, 0.05) is 17.5 Å². The van der Waals surface area contributed by atoms with Crippen molar-refractivity contribution in [2.45, 2.75) is 19.8 Å². The van der Waals surface area contributed by atoms with Crippen LogP contribution in [0.25, 0.3) is 11.1 Å². The summed E-state index contributed by atoms with van der Waals surface area (Å²) in [6.45, 7) is 4.29. The highest BCUT2D eigenvalue weighted by Gasteiger charge is 2.07. The number of para-hydroxylation sites is 1. The Balaban J connectivity index is 2.49. The van der Waals surface area contributed by atoms with Gasteiger partial charge in [0.1, 0.15) is 5.75 Å². The van der Waals surface area contributed by atoms with Crippen molar-refractivity contribution in [3.8, 4) is 16.9 Å². The van der Waals surface area contributed by atoms with Gasteiger partial charge in [-0.1, -0.05) is 32.0 Å². The van der Waals surface area contributed by atoms with Crippen molar-refractivity contribution in [1.29, 1.82) is 0 Å². The van der Waals surface area contributed by atoms with Gasteiger partial charge in [-0.05, 0) is 29.7 Å². The van der Waals surface area contributed by atoms with Crippen LogP contribution in [-0.2, 0) is 0 Å². The van der Waals surface area contributed by atoms with Crippen LogP contribution in [0.1, 0.15) is 25.5 Å². The SMILES string of the molecule is COc1ccccc1-c1ccnc(C(C)C)c1. The van der Waals surface area contributed by atoms with E-state index in [1.54, 1.807) is 7.11 Å². The van der Waals surface area contributed by atoms with Gasteiger partial charge in [-0.15, -0.1) is 0 Å². The molecule has 2 aromatic rings. The zero-order chi connectivity index (χ0) is 12.3. The van der Waals surface area contributed by atoms with Gasteiger partial charge in [-0.3, -0.25) is 4.98 Å². The summed E-state index contributed by atoms with van der Waals surface area (Å²) >= 11 is 0. The second-order valence-corrected chi connectivity index (χ2v) is 4.32. The fraction of sp³-hybridized carbons (Fsp3) is 0.267. The summed E-state index contributed by atoms with van der Waals surface area (Å²) in [4.78, 5) is 4.38. The number of ether oxygens (including phenoxy) is 1. The van der Waals surface area contributed by atoms with Crippen LogP contribution in [0.4, 0.5) is 0 Å². The lowest BCUT2D eigenvalue weighted by Crippen LogP contribution is -1.93. The molecule has 1 heterocycles. The average molecular weight is 227 g/mol. The molecule has 0 saturated carbocycles. The van der Waals surface area contributed by atoms with E-state index >= 15 is 0 Å². The molecule has 0 saturated heterocycles. The van der Waals surface area contributed by atoms with Gasteiger partial charge in [0.25, 0.3) is 0 Å². The van der Waals surface area contributed by atoms with E-state index in [0.29, 0.717) is 5.92 Å². The molecule has 17 heavy (non-hydrogen) atoms. The van der Waals surface area contributed by atoms with E-state index < -0.39 is 0 Å². The molecular formula is C15H17NO. The Morgan fingerprint density at radius 2 is 1.88 bits per heavy atom. The van der Waals surface area contributed by atoms with Crippen molar-refractivity contribution in [2.75, 3.05) is 7.11 Å². The standard InChI is InChI=1S/C15H17NO/c1-11(2)14-10-12(8-9-16-14)13-6-4-5-7-15(13)17-3/h4-11H,1-3H3. The molecule has 2 heteroatoms. The third-order valence-corrected chi connectivity index (χ3v) is 2.79. The van der Waals surface area contributed by atoms with Crippen molar-refractivity contribution in [2.24, 2.45) is 0 Å². The molecule has 0 atom stereocenters. The van der Waals surface area contributed by atoms with Crippen molar-refractivity contribution in [3.05, 3.63) is 48.3 Å². The van der Waals surface area contributed by atoms with E-state index in [4.69, 9.17) is 4.74 Å². The molecule has 0 bridgehead atoms. The zero-order valence-corrected chi connectivity index (χ0v) is 10.5. The fourth-order valence-corrected chi connectivity index (χ4v) is 1.81. The number of rotatable bonds is 3. The van der Waals surface area contributed by atoms with E-state index in [0.717, 1.165) is 22.6 Å². The van der Waals surface area contributed by atoms with E-state index in [-0.39, 0.29) is 0 Å². The molecule has 2 rings (SSSR count). The van der Waals surface area contributed by atoms with Gasteiger partial charge in [-0.2, -0.15) is 0 Å². The highest BCUT2D eigenvalue weighted by molar-refractivity contribution is 5.70. The highest BCUT2D eigenvalue weighted by Crippen LogP contribution is 2.30. The molecule has 0 spiro atoms. The quantitative estimate of drug-likeness (QED) is 0.793. The Kier molecular flexibility index (Phi) is 3.43. The van der Waals surface area contributed by atoms with Crippen LogP contribution < -0.4 is 4.74 Å². The molecule has 88 valence electrons.